The molecule has 3 aromatic rings. The number of aryl methyl sites for hydroxylation is 2. The molecule has 0 saturated carbocycles. The summed E-state index contributed by atoms with van der Waals surface area (Å²) in [5, 5.41) is 3.40. The van der Waals surface area contributed by atoms with Gasteiger partial charge in [0.2, 0.25) is 0 Å². The van der Waals surface area contributed by atoms with Gasteiger partial charge >= 0.3 is 6.61 Å². The van der Waals surface area contributed by atoms with Gasteiger partial charge in [-0.05, 0) is 49.4 Å². The van der Waals surface area contributed by atoms with Crippen molar-refractivity contribution in [1.82, 2.24) is 14.9 Å². The third kappa shape index (κ3) is 4.85. The van der Waals surface area contributed by atoms with E-state index in [1.807, 2.05) is 0 Å². The van der Waals surface area contributed by atoms with Gasteiger partial charge in [0.15, 0.2) is 11.5 Å². The lowest BCUT2D eigenvalue weighted by molar-refractivity contribution is -0.0512. The molecular formula is C23H25F2N3O4S. The molecule has 1 amide bonds. The molecule has 0 unspecified atom stereocenters. The Morgan fingerprint density at radius 1 is 1.27 bits per heavy atom. The van der Waals surface area contributed by atoms with Crippen LogP contribution in [-0.4, -0.2) is 35.7 Å². The molecule has 0 spiro atoms. The summed E-state index contributed by atoms with van der Waals surface area (Å²) in [5.41, 5.74) is 1.38. The molecule has 0 radical (unpaired) electrons. The fourth-order valence-electron chi connectivity index (χ4n) is 4.09. The van der Waals surface area contributed by atoms with E-state index in [2.05, 4.69) is 10.1 Å². The van der Waals surface area contributed by atoms with E-state index in [1.54, 1.807) is 23.6 Å². The summed E-state index contributed by atoms with van der Waals surface area (Å²) >= 11 is 1.24. The molecule has 3 heterocycles. The Bertz CT molecular complexity index is 1240. The van der Waals surface area contributed by atoms with Crippen LogP contribution in [0.3, 0.4) is 0 Å². The summed E-state index contributed by atoms with van der Waals surface area (Å²) in [5.74, 6) is 0.690. The van der Waals surface area contributed by atoms with Crippen LogP contribution in [0.15, 0.2) is 23.0 Å². The van der Waals surface area contributed by atoms with Crippen molar-refractivity contribution in [3.63, 3.8) is 0 Å². The molecule has 1 N–H and O–H groups in total. The van der Waals surface area contributed by atoms with Gasteiger partial charge in [-0.25, -0.2) is 4.98 Å². The molecule has 33 heavy (non-hydrogen) atoms. The summed E-state index contributed by atoms with van der Waals surface area (Å²) in [4.78, 5) is 31.7. The van der Waals surface area contributed by atoms with Gasteiger partial charge in [-0.15, -0.1) is 11.3 Å². The highest BCUT2D eigenvalue weighted by Crippen LogP contribution is 2.30. The topological polar surface area (TPSA) is 82.5 Å². The number of fused-ring (bicyclic) bond motifs is 2. The van der Waals surface area contributed by atoms with Crippen molar-refractivity contribution in [2.24, 2.45) is 0 Å². The van der Waals surface area contributed by atoms with Gasteiger partial charge in [0.05, 0.1) is 17.4 Å². The number of thiophene rings is 1. The molecule has 7 nitrogen and oxygen atoms in total. The number of amides is 1. The summed E-state index contributed by atoms with van der Waals surface area (Å²) in [6.07, 6.45) is 4.29. The number of aromatic nitrogens is 2. The van der Waals surface area contributed by atoms with Crippen LogP contribution in [0.25, 0.3) is 10.2 Å². The first-order valence-corrected chi connectivity index (χ1v) is 11.6. The molecule has 1 aliphatic heterocycles. The van der Waals surface area contributed by atoms with Crippen LogP contribution >= 0.6 is 11.3 Å². The standard InChI is InChI=1S/C23H25F2N3O4S/c1-13-18-21(27-17-6-4-3-5-11-28(17)22(18)30)33-19(13)20(29)26-10-9-14-7-8-15(32-23(24)25)16(12-14)31-2/h7-8,12,23H,3-6,9-11H2,1-2H3,(H,26,29). The number of methoxy groups -OCH3 is 1. The maximum atomic E-state index is 13.1. The van der Waals surface area contributed by atoms with E-state index in [9.17, 15) is 18.4 Å². The van der Waals surface area contributed by atoms with Crippen molar-refractivity contribution in [3.8, 4) is 11.5 Å². The minimum Gasteiger partial charge on any atom is -0.493 e. The second kappa shape index (κ2) is 9.86. The quantitative estimate of drug-likeness (QED) is 0.555. The predicted octanol–water partition coefficient (Wildman–Crippen LogP) is 4.08. The van der Waals surface area contributed by atoms with E-state index >= 15 is 0 Å². The fourth-order valence-corrected chi connectivity index (χ4v) is 5.19. The summed E-state index contributed by atoms with van der Waals surface area (Å²) in [6.45, 7) is -0.162. The number of nitrogens with zero attached hydrogens (tertiary/aromatic N) is 2. The summed E-state index contributed by atoms with van der Waals surface area (Å²) < 4.78 is 36.3. The SMILES string of the molecule is COc1cc(CCNC(=O)c2sc3nc4n(c(=O)c3c2C)CCCCC4)ccc1OC(F)F. The number of hydrogen-bond acceptors (Lipinski definition) is 6. The number of carbonyl (C=O) groups is 1. The van der Waals surface area contributed by atoms with Crippen molar-refractivity contribution in [1.29, 1.82) is 0 Å². The molecule has 0 atom stereocenters. The fraction of sp³-hybridized carbons (Fsp3) is 0.435. The Balaban J connectivity index is 1.48. The lowest BCUT2D eigenvalue weighted by atomic mass is 10.1. The molecule has 1 aliphatic rings. The van der Waals surface area contributed by atoms with Gasteiger partial charge in [0, 0.05) is 19.5 Å². The van der Waals surface area contributed by atoms with Crippen molar-refractivity contribution in [2.45, 2.75) is 52.2 Å². The van der Waals surface area contributed by atoms with Crippen LogP contribution in [0.1, 0.15) is 45.9 Å². The maximum absolute atomic E-state index is 13.1. The van der Waals surface area contributed by atoms with Gasteiger partial charge in [-0.2, -0.15) is 8.78 Å². The van der Waals surface area contributed by atoms with Crippen molar-refractivity contribution in [2.75, 3.05) is 13.7 Å². The van der Waals surface area contributed by atoms with Gasteiger partial charge in [-0.3, -0.25) is 14.2 Å². The zero-order valence-corrected chi connectivity index (χ0v) is 19.3. The second-order valence-electron chi connectivity index (χ2n) is 7.90. The third-order valence-corrected chi connectivity index (χ3v) is 6.95. The first-order chi connectivity index (χ1) is 15.9. The smallest absolute Gasteiger partial charge is 0.387 e. The molecule has 4 rings (SSSR count). The molecular weight excluding hydrogens is 452 g/mol. The van der Waals surface area contributed by atoms with E-state index in [1.165, 1.54) is 24.5 Å². The van der Waals surface area contributed by atoms with Crippen molar-refractivity contribution < 1.29 is 23.0 Å². The number of benzene rings is 1. The Morgan fingerprint density at radius 2 is 2.09 bits per heavy atom. The van der Waals surface area contributed by atoms with Crippen LogP contribution in [0, 0.1) is 6.92 Å². The van der Waals surface area contributed by atoms with Crippen molar-refractivity contribution >= 4 is 27.5 Å². The molecule has 0 bridgehead atoms. The van der Waals surface area contributed by atoms with E-state index in [4.69, 9.17) is 9.72 Å². The van der Waals surface area contributed by atoms with E-state index in [0.29, 0.717) is 40.2 Å². The summed E-state index contributed by atoms with van der Waals surface area (Å²) in [7, 11) is 1.37. The molecule has 2 aromatic heterocycles. The zero-order valence-electron chi connectivity index (χ0n) is 18.5. The van der Waals surface area contributed by atoms with Crippen LogP contribution in [0.5, 0.6) is 11.5 Å². The molecule has 0 fully saturated rings. The van der Waals surface area contributed by atoms with E-state index in [-0.39, 0.29) is 23.0 Å². The van der Waals surface area contributed by atoms with Gasteiger partial charge in [0.1, 0.15) is 10.7 Å². The van der Waals surface area contributed by atoms with Crippen LogP contribution in [0.4, 0.5) is 8.78 Å². The van der Waals surface area contributed by atoms with E-state index < -0.39 is 6.61 Å². The Hall–Kier alpha value is -3.01. The van der Waals surface area contributed by atoms with Crippen LogP contribution < -0.4 is 20.3 Å². The summed E-state index contributed by atoms with van der Waals surface area (Å²) in [6, 6.07) is 4.67. The predicted molar refractivity (Wildman–Crippen MR) is 122 cm³/mol. The van der Waals surface area contributed by atoms with Crippen molar-refractivity contribution in [3.05, 3.63) is 50.4 Å². The second-order valence-corrected chi connectivity index (χ2v) is 8.90. The lowest BCUT2D eigenvalue weighted by Gasteiger charge is -2.11. The monoisotopic (exact) mass is 477 g/mol. The molecule has 10 heteroatoms. The Labute approximate surface area is 193 Å². The minimum atomic E-state index is -2.94. The number of nitrogens with one attached hydrogen (secondary N) is 1. The Kier molecular flexibility index (Phi) is 6.92. The van der Waals surface area contributed by atoms with Gasteiger partial charge < -0.3 is 14.8 Å². The average molecular weight is 478 g/mol. The van der Waals surface area contributed by atoms with Crippen LogP contribution in [0.2, 0.25) is 0 Å². The maximum Gasteiger partial charge on any atom is 0.387 e. The number of rotatable bonds is 7. The number of halogens is 2. The normalized spacial score (nSPS) is 13.6. The van der Waals surface area contributed by atoms with Gasteiger partial charge in [0.25, 0.3) is 11.5 Å². The third-order valence-electron chi connectivity index (χ3n) is 5.76. The van der Waals surface area contributed by atoms with Gasteiger partial charge in [-0.1, -0.05) is 12.5 Å². The highest BCUT2D eigenvalue weighted by atomic mass is 32.1. The zero-order chi connectivity index (χ0) is 23.5. The highest BCUT2D eigenvalue weighted by molar-refractivity contribution is 7.20. The minimum absolute atomic E-state index is 0.0432. The number of alkyl halides is 2. The number of hydrogen-bond donors (Lipinski definition) is 1. The molecule has 0 aliphatic carbocycles. The highest BCUT2D eigenvalue weighted by Gasteiger charge is 2.22. The Morgan fingerprint density at radius 3 is 2.85 bits per heavy atom. The average Bonchev–Trinajstić information content (AvgIpc) is 2.95. The molecule has 0 saturated heterocycles. The molecule has 176 valence electrons. The number of ether oxygens (including phenoxy) is 2. The molecule has 1 aromatic carbocycles. The number of carbonyl (C=O) groups excluding carboxylic acids is 1. The first kappa shape index (κ1) is 23.2. The van der Waals surface area contributed by atoms with Crippen LogP contribution in [-0.2, 0) is 19.4 Å². The largest absolute Gasteiger partial charge is 0.493 e. The lowest BCUT2D eigenvalue weighted by Crippen LogP contribution is -2.26. The van der Waals surface area contributed by atoms with E-state index in [0.717, 1.165) is 37.1 Å². The first-order valence-electron chi connectivity index (χ1n) is 10.8.